The summed E-state index contributed by atoms with van der Waals surface area (Å²) in [5.41, 5.74) is 0.419. The fourth-order valence-electron chi connectivity index (χ4n) is 4.26. The molecule has 7 heteroatoms. The summed E-state index contributed by atoms with van der Waals surface area (Å²) < 4.78 is 3.05. The van der Waals surface area contributed by atoms with Crippen LogP contribution in [0, 0.1) is 12.3 Å². The number of fused-ring (bicyclic) bond motifs is 1. The van der Waals surface area contributed by atoms with Gasteiger partial charge in [-0.1, -0.05) is 67.1 Å². The third-order valence-electron chi connectivity index (χ3n) is 6.65. The molecule has 0 spiro atoms. The third kappa shape index (κ3) is 6.28. The van der Waals surface area contributed by atoms with Gasteiger partial charge in [-0.25, -0.2) is 4.79 Å². The van der Waals surface area contributed by atoms with Crippen LogP contribution in [-0.4, -0.2) is 20.3 Å². The number of amides is 1. The molecule has 1 atom stereocenters. The third-order valence-corrected chi connectivity index (χ3v) is 7.04. The van der Waals surface area contributed by atoms with Crippen LogP contribution in [0.4, 0.5) is 0 Å². The van der Waals surface area contributed by atoms with Gasteiger partial charge in [0.25, 0.3) is 0 Å². The van der Waals surface area contributed by atoms with Gasteiger partial charge in [0, 0.05) is 11.1 Å². The number of halogens is 1. The second-order valence-electron chi connectivity index (χ2n) is 10.0. The molecule has 1 saturated carbocycles. The van der Waals surface area contributed by atoms with Gasteiger partial charge in [0.05, 0.1) is 6.04 Å². The van der Waals surface area contributed by atoms with Crippen molar-refractivity contribution in [3.8, 4) is 12.3 Å². The van der Waals surface area contributed by atoms with E-state index in [9.17, 15) is 9.59 Å². The Hall–Kier alpha value is -3.56. The predicted octanol–water partition coefficient (Wildman–Crippen LogP) is 6.72. The van der Waals surface area contributed by atoms with Crippen LogP contribution in [0.15, 0.2) is 64.4 Å². The zero-order valence-electron chi connectivity index (χ0n) is 23.1. The van der Waals surface area contributed by atoms with E-state index < -0.39 is 5.54 Å². The maximum atomic E-state index is 13.5. The summed E-state index contributed by atoms with van der Waals surface area (Å²) in [7, 11) is 0. The minimum absolute atomic E-state index is 0.119. The lowest BCUT2D eigenvalue weighted by molar-refractivity contribution is -0.129. The highest BCUT2D eigenvalue weighted by Crippen LogP contribution is 2.36. The Morgan fingerprint density at radius 2 is 1.87 bits per heavy atom. The van der Waals surface area contributed by atoms with Gasteiger partial charge in [-0.05, 0) is 81.9 Å². The van der Waals surface area contributed by atoms with Gasteiger partial charge >= 0.3 is 5.69 Å². The van der Waals surface area contributed by atoms with Gasteiger partial charge < -0.3 is 5.32 Å². The van der Waals surface area contributed by atoms with Crippen LogP contribution < -0.4 is 11.0 Å². The molecule has 0 saturated heterocycles. The van der Waals surface area contributed by atoms with E-state index in [2.05, 4.69) is 41.0 Å². The van der Waals surface area contributed by atoms with E-state index in [1.807, 2.05) is 57.2 Å². The lowest BCUT2D eigenvalue weighted by Gasteiger charge is -2.26. The highest BCUT2D eigenvalue weighted by atomic mass is 35.5. The number of benzene rings is 2. The number of nitrogens with one attached hydrogen (secondary N) is 1. The Labute approximate surface area is 230 Å². The normalized spacial score (nSPS) is 14.9. The molecule has 0 aliphatic heterocycles. The molecule has 1 heterocycles. The molecule has 0 bridgehead atoms. The molecule has 200 valence electrons. The Morgan fingerprint density at radius 3 is 2.50 bits per heavy atom. The molecule has 1 aliphatic carbocycles. The quantitative estimate of drug-likeness (QED) is 0.258. The van der Waals surface area contributed by atoms with Crippen LogP contribution in [0.2, 0.25) is 0 Å². The van der Waals surface area contributed by atoms with Crippen molar-refractivity contribution >= 4 is 33.9 Å². The summed E-state index contributed by atoms with van der Waals surface area (Å²) in [6.07, 6.45) is 10.9. The van der Waals surface area contributed by atoms with Crippen molar-refractivity contribution in [3.05, 3.63) is 81.5 Å². The molecule has 1 aliphatic rings. The van der Waals surface area contributed by atoms with Crippen molar-refractivity contribution in [3.63, 3.8) is 0 Å². The summed E-state index contributed by atoms with van der Waals surface area (Å²) in [6, 6.07) is 14.1. The number of terminal acetylenes is 1. The summed E-state index contributed by atoms with van der Waals surface area (Å²) >= 11 is 6.17. The van der Waals surface area contributed by atoms with Gasteiger partial charge in [-0.3, -0.25) is 9.36 Å². The van der Waals surface area contributed by atoms with E-state index >= 15 is 0 Å². The highest BCUT2D eigenvalue weighted by Gasteiger charge is 2.38. The number of carbonyl (C=O) groups is 1. The summed E-state index contributed by atoms with van der Waals surface area (Å²) in [6.45, 7) is 11.0. The molecule has 0 radical (unpaired) electrons. The predicted molar refractivity (Wildman–Crippen MR) is 157 cm³/mol. The second-order valence-corrected chi connectivity index (χ2v) is 10.5. The van der Waals surface area contributed by atoms with Crippen LogP contribution in [0.3, 0.4) is 0 Å². The first-order valence-corrected chi connectivity index (χ1v) is 13.4. The molecule has 1 amide bonds. The number of nitrogens with zero attached hydrogens (tertiary/aromatic N) is 3. The number of allylic oxidation sites excluding steroid dienone is 4. The fraction of sp³-hybridized carbons (Fsp3) is 0.387. The van der Waals surface area contributed by atoms with Gasteiger partial charge in [0.1, 0.15) is 5.54 Å². The number of hydrogen-bond acceptors (Lipinski definition) is 3. The Bertz CT molecular complexity index is 1460. The summed E-state index contributed by atoms with van der Waals surface area (Å²) in [5, 5.41) is 10.7. The van der Waals surface area contributed by atoms with E-state index in [1.165, 1.54) is 4.68 Å². The minimum atomic E-state index is -1.18. The maximum Gasteiger partial charge on any atom is 0.347 e. The first-order valence-electron chi connectivity index (χ1n) is 13.0. The van der Waals surface area contributed by atoms with Crippen molar-refractivity contribution in [1.29, 1.82) is 0 Å². The van der Waals surface area contributed by atoms with Gasteiger partial charge in [-0.15, -0.1) is 17.4 Å². The molecular formula is C31H37ClN4O2. The van der Waals surface area contributed by atoms with Gasteiger partial charge in [-0.2, -0.15) is 4.68 Å². The van der Waals surface area contributed by atoms with Crippen LogP contribution >= 0.6 is 11.6 Å². The van der Waals surface area contributed by atoms with E-state index in [1.54, 1.807) is 25.3 Å². The Kier molecular flexibility index (Phi) is 9.40. The average molecular weight is 533 g/mol. The molecule has 1 fully saturated rings. The van der Waals surface area contributed by atoms with Crippen LogP contribution in [-0.2, 0) is 10.3 Å². The number of hydrogen-bond donors (Lipinski definition) is 1. The molecule has 38 heavy (non-hydrogen) atoms. The Morgan fingerprint density at radius 1 is 1.24 bits per heavy atom. The number of carbonyl (C=O) groups excluding carboxylic acids is 1. The van der Waals surface area contributed by atoms with E-state index in [0.29, 0.717) is 5.82 Å². The van der Waals surface area contributed by atoms with E-state index in [-0.39, 0.29) is 23.7 Å². The first kappa shape index (κ1) is 29.0. The molecule has 6 nitrogen and oxygen atoms in total. The van der Waals surface area contributed by atoms with Crippen LogP contribution in [0.25, 0.3) is 16.3 Å². The molecule has 2 aromatic carbocycles. The first-order chi connectivity index (χ1) is 18.1. The van der Waals surface area contributed by atoms with E-state index in [4.69, 9.17) is 11.6 Å². The SMILES string of the molecule is C#CC.CC/C(Cl)=C\C=C(/C)c1nn(C(C)(C)C(=O)N[C@@H](C)c2cccc3ccccc23)c(=O)n1C1CC1. The molecule has 1 aromatic heterocycles. The zero-order valence-corrected chi connectivity index (χ0v) is 23.8. The lowest BCUT2D eigenvalue weighted by atomic mass is 9.98. The van der Waals surface area contributed by atoms with Gasteiger partial charge in [0.2, 0.25) is 5.91 Å². The van der Waals surface area contributed by atoms with Crippen molar-refractivity contribution < 1.29 is 4.79 Å². The smallest absolute Gasteiger partial charge is 0.347 e. The van der Waals surface area contributed by atoms with Crippen molar-refractivity contribution in [2.24, 2.45) is 0 Å². The lowest BCUT2D eigenvalue weighted by Crippen LogP contribution is -2.49. The monoisotopic (exact) mass is 532 g/mol. The highest BCUT2D eigenvalue weighted by molar-refractivity contribution is 6.29. The molecule has 1 N–H and O–H groups in total. The molecule has 3 aromatic rings. The molecule has 4 rings (SSSR count). The van der Waals surface area contributed by atoms with Crippen molar-refractivity contribution in [2.45, 2.75) is 78.4 Å². The van der Waals surface area contributed by atoms with Crippen molar-refractivity contribution in [2.75, 3.05) is 0 Å². The fourth-order valence-corrected chi connectivity index (χ4v) is 4.32. The largest absolute Gasteiger partial charge is 0.347 e. The number of aromatic nitrogens is 3. The van der Waals surface area contributed by atoms with E-state index in [0.717, 1.165) is 46.2 Å². The summed E-state index contributed by atoms with van der Waals surface area (Å²) in [4.78, 5) is 27.0. The zero-order chi connectivity index (χ0) is 28.0. The summed E-state index contributed by atoms with van der Waals surface area (Å²) in [5.74, 6) is 2.57. The minimum Gasteiger partial charge on any atom is -0.347 e. The average Bonchev–Trinajstić information content (AvgIpc) is 3.68. The molecular weight excluding hydrogens is 496 g/mol. The second kappa shape index (κ2) is 12.3. The molecule has 0 unspecified atom stereocenters. The standard InChI is InChI=1S/C28H33ClN4O2.C3H4/c1-6-21(29)15-14-18(2)25-31-33(27(35)32(25)22-16-17-22)28(4,5)26(34)30-19(3)23-13-9-11-20-10-7-8-12-24(20)23;1-3-2/h7-15,19,22H,6,16-17H2,1-5H3,(H,30,34);1H,2H3/b18-14+,21-15+;/t19-;/m0./s1. The topological polar surface area (TPSA) is 68.9 Å². The van der Waals surface area contributed by atoms with Crippen molar-refractivity contribution in [1.82, 2.24) is 19.7 Å². The van der Waals surface area contributed by atoms with Gasteiger partial charge in [0.15, 0.2) is 5.82 Å². The maximum absolute atomic E-state index is 13.5. The number of rotatable bonds is 8. The Balaban J connectivity index is 0.00000127. The van der Waals surface area contributed by atoms with Crippen LogP contribution in [0.1, 0.15) is 84.3 Å². The van der Waals surface area contributed by atoms with Crippen LogP contribution in [0.5, 0.6) is 0 Å².